The highest BCUT2D eigenvalue weighted by Crippen LogP contribution is 2.44. The molecular weight excluding hydrogens is 540 g/mol. The summed E-state index contributed by atoms with van der Waals surface area (Å²) in [6, 6.07) is 9.91. The number of imidazole rings is 1. The maximum Gasteiger partial charge on any atom is 0.301 e. The molecule has 1 N–H and O–H groups in total. The molecule has 0 saturated carbocycles. The quantitative estimate of drug-likeness (QED) is 0.120. The van der Waals surface area contributed by atoms with E-state index in [1.807, 2.05) is 35.7 Å². The van der Waals surface area contributed by atoms with Crippen LogP contribution in [-0.4, -0.2) is 43.6 Å². The molecule has 1 saturated heterocycles. The van der Waals surface area contributed by atoms with Gasteiger partial charge in [-0.15, -0.1) is 0 Å². The molecule has 1 atom stereocenters. The van der Waals surface area contributed by atoms with Crippen LogP contribution in [0.4, 0.5) is 5.13 Å². The molecule has 1 aliphatic rings. The van der Waals surface area contributed by atoms with Crippen molar-refractivity contribution in [1.29, 1.82) is 0 Å². The number of carbonyl (C=O) groups is 3. The van der Waals surface area contributed by atoms with Gasteiger partial charge in [0.25, 0.3) is 5.78 Å². The Morgan fingerprint density at radius 3 is 2.54 bits per heavy atom. The van der Waals surface area contributed by atoms with Crippen molar-refractivity contribution < 1.29 is 24.2 Å². The first-order valence-corrected chi connectivity index (χ1v) is 14.3. The van der Waals surface area contributed by atoms with Gasteiger partial charge in [-0.2, -0.15) is 0 Å². The first kappa shape index (κ1) is 28.2. The van der Waals surface area contributed by atoms with E-state index in [1.165, 1.54) is 11.8 Å². The van der Waals surface area contributed by atoms with Crippen molar-refractivity contribution in [2.45, 2.75) is 54.0 Å². The van der Waals surface area contributed by atoms with Crippen molar-refractivity contribution in [3.63, 3.8) is 0 Å². The van der Waals surface area contributed by atoms with E-state index in [1.54, 1.807) is 32.0 Å². The van der Waals surface area contributed by atoms with E-state index in [-0.39, 0.29) is 27.9 Å². The lowest BCUT2D eigenvalue weighted by Gasteiger charge is -2.23. The van der Waals surface area contributed by atoms with Gasteiger partial charge in [-0.25, -0.2) is 9.97 Å². The molecule has 10 heteroatoms. The third-order valence-corrected chi connectivity index (χ3v) is 8.46. The second-order valence-electron chi connectivity index (χ2n) is 10.7. The maximum absolute atomic E-state index is 13.7. The zero-order chi connectivity index (χ0) is 29.6. The molecule has 0 bridgehead atoms. The number of ketones is 2. The fourth-order valence-corrected chi connectivity index (χ4v) is 6.01. The molecule has 0 aliphatic carbocycles. The molecule has 4 heterocycles. The van der Waals surface area contributed by atoms with Crippen LogP contribution in [0.5, 0.6) is 5.75 Å². The fraction of sp³-hybridized carbons (Fsp3) is 0.323. The number of anilines is 1. The largest absolute Gasteiger partial charge is 0.505 e. The molecule has 1 fully saturated rings. The SMILES string of the molecule is CC(=O)c1sc(N2C(=O)C(=O)C(=C(O)c3nc4c(C)cccn4c3C)C2c2cccc(OCCC(C)C)c2)nc1C. The molecule has 212 valence electrons. The van der Waals surface area contributed by atoms with Crippen molar-refractivity contribution >= 4 is 45.3 Å². The summed E-state index contributed by atoms with van der Waals surface area (Å²) in [5, 5.41) is 11.9. The van der Waals surface area contributed by atoms with E-state index in [2.05, 4.69) is 23.8 Å². The van der Waals surface area contributed by atoms with Gasteiger partial charge in [0.2, 0.25) is 0 Å². The highest BCUT2D eigenvalue weighted by Gasteiger charge is 2.49. The van der Waals surface area contributed by atoms with Crippen molar-refractivity contribution in [2.75, 3.05) is 11.5 Å². The molecule has 1 aromatic carbocycles. The number of hydrogen-bond donors (Lipinski definition) is 1. The summed E-state index contributed by atoms with van der Waals surface area (Å²) < 4.78 is 7.81. The van der Waals surface area contributed by atoms with Crippen LogP contribution in [-0.2, 0) is 9.59 Å². The number of aliphatic hydroxyl groups excluding tert-OH is 1. The van der Waals surface area contributed by atoms with Gasteiger partial charge in [0.05, 0.1) is 34.5 Å². The van der Waals surface area contributed by atoms with Crippen molar-refractivity contribution in [3.8, 4) is 5.75 Å². The van der Waals surface area contributed by atoms with Crippen LogP contribution in [0.15, 0.2) is 48.2 Å². The van der Waals surface area contributed by atoms with Crippen LogP contribution in [0.25, 0.3) is 11.4 Å². The number of rotatable bonds is 8. The third kappa shape index (κ3) is 5.04. The molecule has 0 spiro atoms. The summed E-state index contributed by atoms with van der Waals surface area (Å²) in [6.07, 6.45) is 2.69. The van der Waals surface area contributed by atoms with Gasteiger partial charge < -0.3 is 14.2 Å². The third-order valence-electron chi connectivity index (χ3n) is 7.20. The van der Waals surface area contributed by atoms with Crippen molar-refractivity contribution in [2.24, 2.45) is 5.92 Å². The van der Waals surface area contributed by atoms with Gasteiger partial charge in [0.15, 0.2) is 16.7 Å². The minimum atomic E-state index is -1.01. The van der Waals surface area contributed by atoms with E-state index in [0.29, 0.717) is 45.7 Å². The number of fused-ring (bicyclic) bond motifs is 1. The van der Waals surface area contributed by atoms with E-state index >= 15 is 0 Å². The molecule has 1 amide bonds. The summed E-state index contributed by atoms with van der Waals surface area (Å²) in [4.78, 5) is 50.3. The average Bonchev–Trinajstić information content (AvgIpc) is 3.56. The number of carbonyl (C=O) groups excluding carboxylic acids is 3. The van der Waals surface area contributed by atoms with Crippen LogP contribution >= 0.6 is 11.3 Å². The molecular formula is C31H32N4O5S. The number of thiazole rings is 1. The number of pyridine rings is 1. The van der Waals surface area contributed by atoms with E-state index in [0.717, 1.165) is 23.3 Å². The van der Waals surface area contributed by atoms with Crippen molar-refractivity contribution in [1.82, 2.24) is 14.4 Å². The molecule has 0 radical (unpaired) electrons. The minimum Gasteiger partial charge on any atom is -0.505 e. The lowest BCUT2D eigenvalue weighted by molar-refractivity contribution is -0.132. The van der Waals surface area contributed by atoms with E-state index in [4.69, 9.17) is 4.74 Å². The molecule has 3 aromatic heterocycles. The first-order valence-electron chi connectivity index (χ1n) is 13.5. The van der Waals surface area contributed by atoms with Crippen LogP contribution in [0.2, 0.25) is 0 Å². The summed E-state index contributed by atoms with van der Waals surface area (Å²) in [5.41, 5.74) is 3.30. The lowest BCUT2D eigenvalue weighted by atomic mass is 9.96. The highest BCUT2D eigenvalue weighted by molar-refractivity contribution is 7.18. The zero-order valence-corrected chi connectivity index (χ0v) is 24.7. The summed E-state index contributed by atoms with van der Waals surface area (Å²) in [5.74, 6) is -1.22. The number of Topliss-reactive ketones (excluding diaryl/α,β-unsaturated/α-hetero) is 2. The maximum atomic E-state index is 13.7. The Hall–Kier alpha value is -4.31. The standard InChI is InChI=1S/C31H32N4O5S/c1-16(2)12-14-40-22-11-7-10-21(15-22)25-23(26(37)24-19(5)34-13-8-9-17(3)29(34)33-24)27(38)30(39)35(25)31-32-18(4)28(41-31)20(6)36/h7-11,13,15-16,25,37H,12,14H2,1-6H3. The fourth-order valence-electron chi connectivity index (χ4n) is 5.02. The lowest BCUT2D eigenvalue weighted by Crippen LogP contribution is -2.29. The van der Waals surface area contributed by atoms with Crippen LogP contribution in [0.1, 0.15) is 71.1 Å². The molecule has 1 aliphatic heterocycles. The zero-order valence-electron chi connectivity index (χ0n) is 23.9. The molecule has 1 unspecified atom stereocenters. The van der Waals surface area contributed by atoms with E-state index in [9.17, 15) is 19.5 Å². The second kappa shape index (κ2) is 10.9. The Morgan fingerprint density at radius 1 is 1.12 bits per heavy atom. The number of benzene rings is 1. The topological polar surface area (TPSA) is 114 Å². The van der Waals surface area contributed by atoms with Crippen LogP contribution in [0, 0.1) is 26.7 Å². The van der Waals surface area contributed by atoms with Gasteiger partial charge in [-0.1, -0.05) is 43.4 Å². The highest BCUT2D eigenvalue weighted by atomic mass is 32.1. The number of aromatic nitrogens is 3. The van der Waals surface area contributed by atoms with Crippen LogP contribution in [0.3, 0.4) is 0 Å². The smallest absolute Gasteiger partial charge is 0.301 e. The molecule has 9 nitrogen and oxygen atoms in total. The Balaban J connectivity index is 1.70. The van der Waals surface area contributed by atoms with Gasteiger partial charge in [-0.3, -0.25) is 19.3 Å². The predicted octanol–water partition coefficient (Wildman–Crippen LogP) is 5.97. The Labute approximate surface area is 242 Å². The monoisotopic (exact) mass is 572 g/mol. The number of nitrogens with zero attached hydrogens (tertiary/aromatic N) is 4. The van der Waals surface area contributed by atoms with Crippen molar-refractivity contribution in [3.05, 3.63) is 81.3 Å². The second-order valence-corrected chi connectivity index (χ2v) is 11.6. The normalized spacial score (nSPS) is 16.8. The number of hydrogen-bond acceptors (Lipinski definition) is 8. The molecule has 4 aromatic rings. The Bertz CT molecular complexity index is 1730. The van der Waals surface area contributed by atoms with Gasteiger partial charge >= 0.3 is 5.91 Å². The van der Waals surface area contributed by atoms with Gasteiger partial charge in [0, 0.05) is 13.1 Å². The van der Waals surface area contributed by atoms with Crippen LogP contribution < -0.4 is 9.64 Å². The van der Waals surface area contributed by atoms with Gasteiger partial charge in [0.1, 0.15) is 17.1 Å². The number of ether oxygens (including phenoxy) is 1. The summed E-state index contributed by atoms with van der Waals surface area (Å²) in [7, 11) is 0. The Morgan fingerprint density at radius 2 is 1.88 bits per heavy atom. The summed E-state index contributed by atoms with van der Waals surface area (Å²) in [6.45, 7) is 11.6. The number of aliphatic hydroxyl groups is 1. The Kier molecular flexibility index (Phi) is 7.52. The number of amides is 1. The van der Waals surface area contributed by atoms with Gasteiger partial charge in [-0.05, 0) is 62.4 Å². The minimum absolute atomic E-state index is 0.101. The van der Waals surface area contributed by atoms with E-state index < -0.39 is 17.7 Å². The first-order chi connectivity index (χ1) is 19.5. The predicted molar refractivity (Wildman–Crippen MR) is 158 cm³/mol. The molecule has 5 rings (SSSR count). The average molecular weight is 573 g/mol. The summed E-state index contributed by atoms with van der Waals surface area (Å²) >= 11 is 1.05. The molecule has 41 heavy (non-hydrogen) atoms. The number of aryl methyl sites for hydroxylation is 3.